The molecular formula is C8H5ClFNO. The van der Waals surface area contributed by atoms with Gasteiger partial charge in [-0.05, 0) is 12.1 Å². The van der Waals surface area contributed by atoms with Crippen LogP contribution in [0.15, 0.2) is 12.1 Å². The van der Waals surface area contributed by atoms with Gasteiger partial charge in [-0.2, -0.15) is 5.26 Å². The van der Waals surface area contributed by atoms with Gasteiger partial charge in [0.2, 0.25) is 0 Å². The smallest absolute Gasteiger partial charge is 0.184 e. The van der Waals surface area contributed by atoms with Gasteiger partial charge in [-0.1, -0.05) is 11.6 Å². The predicted molar refractivity (Wildman–Crippen MR) is 42.7 cm³/mol. The zero-order chi connectivity index (χ0) is 9.14. The zero-order valence-electron chi connectivity index (χ0n) is 6.27. The highest BCUT2D eigenvalue weighted by Gasteiger charge is 2.10. The van der Waals surface area contributed by atoms with Gasteiger partial charge in [0.1, 0.15) is 6.07 Å². The largest absolute Gasteiger partial charge is 0.494 e. The average Bonchev–Trinajstić information content (AvgIpc) is 2.10. The van der Waals surface area contributed by atoms with E-state index in [9.17, 15) is 4.39 Å². The first-order valence-electron chi connectivity index (χ1n) is 3.12. The van der Waals surface area contributed by atoms with Crippen LogP contribution in [0.3, 0.4) is 0 Å². The minimum absolute atomic E-state index is 0.0407. The summed E-state index contributed by atoms with van der Waals surface area (Å²) in [5.74, 6) is -0.655. The third kappa shape index (κ3) is 1.34. The molecule has 4 heteroatoms. The van der Waals surface area contributed by atoms with E-state index in [0.717, 1.165) is 0 Å². The Hall–Kier alpha value is -1.27. The van der Waals surface area contributed by atoms with Gasteiger partial charge in [0.05, 0.1) is 17.7 Å². The third-order valence-electron chi connectivity index (χ3n) is 1.39. The number of nitriles is 1. The lowest BCUT2D eigenvalue weighted by Gasteiger charge is -2.02. The van der Waals surface area contributed by atoms with Crippen LogP contribution in [0.5, 0.6) is 5.75 Å². The van der Waals surface area contributed by atoms with Gasteiger partial charge in [0.15, 0.2) is 11.6 Å². The maximum Gasteiger partial charge on any atom is 0.184 e. The van der Waals surface area contributed by atoms with E-state index < -0.39 is 5.82 Å². The minimum atomic E-state index is -0.696. The van der Waals surface area contributed by atoms with Crippen molar-refractivity contribution in [3.8, 4) is 11.8 Å². The summed E-state index contributed by atoms with van der Waals surface area (Å²) < 4.78 is 17.7. The number of rotatable bonds is 1. The van der Waals surface area contributed by atoms with Crippen LogP contribution in [-0.4, -0.2) is 7.11 Å². The SMILES string of the molecule is COc1ccc(C#N)c(Cl)c1F. The van der Waals surface area contributed by atoms with Crippen LogP contribution >= 0.6 is 11.6 Å². The summed E-state index contributed by atoms with van der Waals surface area (Å²) in [7, 11) is 1.33. The lowest BCUT2D eigenvalue weighted by Crippen LogP contribution is -1.90. The molecule has 1 rings (SSSR count). The van der Waals surface area contributed by atoms with Crippen molar-refractivity contribution in [2.45, 2.75) is 0 Å². The first-order valence-corrected chi connectivity index (χ1v) is 3.50. The van der Waals surface area contributed by atoms with Crippen LogP contribution in [0.4, 0.5) is 4.39 Å². The van der Waals surface area contributed by atoms with Crippen molar-refractivity contribution in [3.63, 3.8) is 0 Å². The molecule has 0 N–H and O–H groups in total. The minimum Gasteiger partial charge on any atom is -0.494 e. The van der Waals surface area contributed by atoms with Crippen LogP contribution < -0.4 is 4.74 Å². The van der Waals surface area contributed by atoms with Crippen LogP contribution in [0, 0.1) is 17.1 Å². The Morgan fingerprint density at radius 3 is 2.75 bits per heavy atom. The van der Waals surface area contributed by atoms with E-state index in [4.69, 9.17) is 16.9 Å². The number of methoxy groups -OCH3 is 1. The Morgan fingerprint density at radius 2 is 2.25 bits per heavy atom. The highest BCUT2D eigenvalue weighted by atomic mass is 35.5. The lowest BCUT2D eigenvalue weighted by molar-refractivity contribution is 0.386. The van der Waals surface area contributed by atoms with Crippen molar-refractivity contribution >= 4 is 11.6 Å². The number of hydrogen-bond donors (Lipinski definition) is 0. The van der Waals surface area contributed by atoms with Crippen molar-refractivity contribution in [1.29, 1.82) is 5.26 Å². The fourth-order valence-corrected chi connectivity index (χ4v) is 0.974. The highest BCUT2D eigenvalue weighted by Crippen LogP contribution is 2.27. The second-order valence-electron chi connectivity index (χ2n) is 2.06. The molecule has 0 spiro atoms. The summed E-state index contributed by atoms with van der Waals surface area (Å²) in [4.78, 5) is 0. The van der Waals surface area contributed by atoms with E-state index in [1.807, 2.05) is 0 Å². The molecule has 2 nitrogen and oxygen atoms in total. The molecule has 0 aliphatic carbocycles. The van der Waals surface area contributed by atoms with Crippen molar-refractivity contribution in [2.75, 3.05) is 7.11 Å². The van der Waals surface area contributed by atoms with E-state index in [0.29, 0.717) is 0 Å². The van der Waals surface area contributed by atoms with Crippen molar-refractivity contribution in [2.24, 2.45) is 0 Å². The van der Waals surface area contributed by atoms with Gasteiger partial charge in [-0.3, -0.25) is 0 Å². The van der Waals surface area contributed by atoms with Gasteiger partial charge < -0.3 is 4.74 Å². The van der Waals surface area contributed by atoms with Gasteiger partial charge in [0.25, 0.3) is 0 Å². The molecular weight excluding hydrogens is 181 g/mol. The second-order valence-corrected chi connectivity index (χ2v) is 2.43. The molecule has 0 amide bonds. The summed E-state index contributed by atoms with van der Waals surface area (Å²) >= 11 is 5.50. The molecule has 0 aliphatic rings. The number of hydrogen-bond acceptors (Lipinski definition) is 2. The number of benzene rings is 1. The predicted octanol–water partition coefficient (Wildman–Crippen LogP) is 2.36. The summed E-state index contributed by atoms with van der Waals surface area (Å²) in [5, 5.41) is 8.27. The molecule has 0 bridgehead atoms. The number of ether oxygens (including phenoxy) is 1. The standard InChI is InChI=1S/C8H5ClFNO/c1-12-6-3-2-5(4-11)7(9)8(6)10/h2-3H,1H3. The quantitative estimate of drug-likeness (QED) is 0.673. The van der Waals surface area contributed by atoms with E-state index in [-0.39, 0.29) is 16.3 Å². The Labute approximate surface area is 74.1 Å². The van der Waals surface area contributed by atoms with Gasteiger partial charge in [-0.25, -0.2) is 4.39 Å². The van der Waals surface area contributed by atoms with E-state index in [1.165, 1.54) is 19.2 Å². The number of nitrogens with zero attached hydrogens (tertiary/aromatic N) is 1. The van der Waals surface area contributed by atoms with Gasteiger partial charge >= 0.3 is 0 Å². The molecule has 12 heavy (non-hydrogen) atoms. The van der Waals surface area contributed by atoms with E-state index in [1.54, 1.807) is 6.07 Å². The molecule has 0 saturated heterocycles. The van der Waals surface area contributed by atoms with Crippen LogP contribution in [-0.2, 0) is 0 Å². The number of halogens is 2. The lowest BCUT2D eigenvalue weighted by atomic mass is 10.2. The molecule has 0 saturated carbocycles. The molecule has 0 radical (unpaired) electrons. The molecule has 1 aromatic carbocycles. The van der Waals surface area contributed by atoms with E-state index in [2.05, 4.69) is 4.74 Å². The summed E-state index contributed by atoms with van der Waals surface area (Å²) in [5.41, 5.74) is 0.106. The van der Waals surface area contributed by atoms with Crippen LogP contribution in [0.1, 0.15) is 5.56 Å². The summed E-state index contributed by atoms with van der Waals surface area (Å²) in [6.07, 6.45) is 0. The Bertz CT molecular complexity index is 346. The van der Waals surface area contributed by atoms with Crippen molar-refractivity contribution < 1.29 is 9.13 Å². The topological polar surface area (TPSA) is 33.0 Å². The zero-order valence-corrected chi connectivity index (χ0v) is 7.02. The second kappa shape index (κ2) is 3.42. The molecule has 0 aliphatic heterocycles. The Morgan fingerprint density at radius 1 is 1.58 bits per heavy atom. The summed E-state index contributed by atoms with van der Waals surface area (Å²) in [6, 6.07) is 4.53. The van der Waals surface area contributed by atoms with Crippen LogP contribution in [0.2, 0.25) is 5.02 Å². The molecule has 0 aromatic heterocycles. The van der Waals surface area contributed by atoms with Crippen LogP contribution in [0.25, 0.3) is 0 Å². The van der Waals surface area contributed by atoms with Crippen molar-refractivity contribution in [1.82, 2.24) is 0 Å². The molecule has 0 heterocycles. The normalized spacial score (nSPS) is 9.17. The Kier molecular flexibility index (Phi) is 2.51. The summed E-state index contributed by atoms with van der Waals surface area (Å²) in [6.45, 7) is 0. The third-order valence-corrected chi connectivity index (χ3v) is 1.76. The fraction of sp³-hybridized carbons (Fsp3) is 0.125. The molecule has 0 atom stereocenters. The Balaban J connectivity index is 3.32. The highest BCUT2D eigenvalue weighted by molar-refractivity contribution is 6.32. The fourth-order valence-electron chi connectivity index (χ4n) is 0.776. The maximum atomic E-state index is 13.0. The molecule has 0 unspecified atom stereocenters. The monoisotopic (exact) mass is 185 g/mol. The van der Waals surface area contributed by atoms with Crippen molar-refractivity contribution in [3.05, 3.63) is 28.5 Å². The first-order chi connectivity index (χ1) is 5.70. The molecule has 1 aromatic rings. The van der Waals surface area contributed by atoms with Gasteiger partial charge in [0, 0.05) is 0 Å². The maximum absolute atomic E-state index is 13.0. The molecule has 0 fully saturated rings. The van der Waals surface area contributed by atoms with Gasteiger partial charge in [-0.15, -0.1) is 0 Å². The van der Waals surface area contributed by atoms with E-state index >= 15 is 0 Å². The average molecular weight is 186 g/mol. The molecule has 62 valence electrons. The first kappa shape index (κ1) is 8.82.